The van der Waals surface area contributed by atoms with Crippen molar-refractivity contribution in [3.63, 3.8) is 0 Å². The number of rotatable bonds is 10. The van der Waals surface area contributed by atoms with Gasteiger partial charge in [-0.2, -0.15) is 4.31 Å². The van der Waals surface area contributed by atoms with Gasteiger partial charge in [0, 0.05) is 53.5 Å². The van der Waals surface area contributed by atoms with Gasteiger partial charge >= 0.3 is 0 Å². The summed E-state index contributed by atoms with van der Waals surface area (Å²) in [6.45, 7) is 3.72. The zero-order valence-corrected chi connectivity index (χ0v) is 22.9. The molecule has 2 N–H and O–H groups in total. The van der Waals surface area contributed by atoms with Gasteiger partial charge < -0.3 is 15.4 Å². The number of hydrogen-bond acceptors (Lipinski definition) is 6. The molecule has 11 heteroatoms. The summed E-state index contributed by atoms with van der Waals surface area (Å²) in [6, 6.07) is 12.0. The van der Waals surface area contributed by atoms with Gasteiger partial charge in [0.25, 0.3) is 0 Å². The highest BCUT2D eigenvalue weighted by Crippen LogP contribution is 2.32. The second-order valence-electron chi connectivity index (χ2n) is 8.82. The molecule has 3 aromatic rings. The molecule has 0 radical (unpaired) electrons. The molecule has 2 aromatic carbocycles. The molecule has 4 rings (SSSR count). The minimum Gasteiger partial charge on any atom is -0.492 e. The quantitative estimate of drug-likeness (QED) is 0.337. The molecule has 1 saturated heterocycles. The summed E-state index contributed by atoms with van der Waals surface area (Å²) >= 11 is 12.1. The summed E-state index contributed by atoms with van der Waals surface area (Å²) in [5.41, 5.74) is 1.77. The van der Waals surface area contributed by atoms with E-state index in [9.17, 15) is 13.2 Å². The Labute approximate surface area is 227 Å². The Morgan fingerprint density at radius 2 is 1.92 bits per heavy atom. The highest BCUT2D eigenvalue weighted by Gasteiger charge is 2.35. The summed E-state index contributed by atoms with van der Waals surface area (Å²) < 4.78 is 33.6. The van der Waals surface area contributed by atoms with Gasteiger partial charge in [0.05, 0.1) is 18.0 Å². The molecule has 2 heterocycles. The first-order valence-corrected chi connectivity index (χ1v) is 14.5. The van der Waals surface area contributed by atoms with Crippen LogP contribution in [0.4, 0.5) is 5.69 Å². The Morgan fingerprint density at radius 1 is 1.14 bits per heavy atom. The number of hydrogen-bond donors (Lipinski definition) is 2. The summed E-state index contributed by atoms with van der Waals surface area (Å²) in [7, 11) is -3.86. The van der Waals surface area contributed by atoms with E-state index in [1.54, 1.807) is 25.3 Å². The molecular weight excluding hydrogens is 535 g/mol. The molecule has 1 fully saturated rings. The van der Waals surface area contributed by atoms with Gasteiger partial charge in [0.1, 0.15) is 10.6 Å². The SMILES string of the molecule is CCOc1ccc(Cl)cc1S(=O)(=O)N1CCC[C@@H](C(=O)NCCCNc2ccnc3cc(Cl)ccc23)C1. The Morgan fingerprint density at radius 3 is 2.73 bits per heavy atom. The monoisotopic (exact) mass is 564 g/mol. The van der Waals surface area contributed by atoms with Gasteiger partial charge in [0.2, 0.25) is 15.9 Å². The number of pyridine rings is 1. The number of carbonyl (C=O) groups excluding carboxylic acids is 1. The van der Waals surface area contributed by atoms with Crippen molar-refractivity contribution >= 4 is 55.7 Å². The Balaban J connectivity index is 1.30. The molecule has 1 atom stereocenters. The van der Waals surface area contributed by atoms with Crippen molar-refractivity contribution in [2.24, 2.45) is 5.92 Å². The summed E-state index contributed by atoms with van der Waals surface area (Å²) in [6.07, 6.45) is 3.67. The van der Waals surface area contributed by atoms with E-state index in [0.29, 0.717) is 55.5 Å². The van der Waals surface area contributed by atoms with E-state index in [2.05, 4.69) is 15.6 Å². The van der Waals surface area contributed by atoms with Crippen LogP contribution >= 0.6 is 23.2 Å². The van der Waals surface area contributed by atoms with Gasteiger partial charge in [-0.1, -0.05) is 23.2 Å². The molecule has 0 unspecified atom stereocenters. The van der Waals surface area contributed by atoms with Crippen LogP contribution in [-0.4, -0.2) is 56.4 Å². The van der Waals surface area contributed by atoms with Crippen LogP contribution in [-0.2, 0) is 14.8 Å². The van der Waals surface area contributed by atoms with Crippen molar-refractivity contribution in [2.75, 3.05) is 38.1 Å². The van der Waals surface area contributed by atoms with Gasteiger partial charge in [-0.25, -0.2) is 8.42 Å². The molecule has 37 heavy (non-hydrogen) atoms. The number of ether oxygens (including phenoxy) is 1. The van der Waals surface area contributed by atoms with Crippen LogP contribution in [0.1, 0.15) is 26.2 Å². The zero-order chi connectivity index (χ0) is 26.4. The number of anilines is 1. The molecule has 0 aliphatic carbocycles. The summed E-state index contributed by atoms with van der Waals surface area (Å²) in [5.74, 6) is -0.295. The molecule has 0 saturated carbocycles. The number of aromatic nitrogens is 1. The van der Waals surface area contributed by atoms with Crippen LogP contribution in [0.15, 0.2) is 53.6 Å². The van der Waals surface area contributed by atoms with Crippen molar-refractivity contribution in [1.82, 2.24) is 14.6 Å². The summed E-state index contributed by atoms with van der Waals surface area (Å²) in [4.78, 5) is 17.2. The van der Waals surface area contributed by atoms with Crippen LogP contribution in [0.5, 0.6) is 5.75 Å². The number of piperidine rings is 1. The van der Waals surface area contributed by atoms with Crippen molar-refractivity contribution in [1.29, 1.82) is 0 Å². The number of benzene rings is 2. The predicted molar refractivity (Wildman–Crippen MR) is 147 cm³/mol. The first-order valence-electron chi connectivity index (χ1n) is 12.3. The first kappa shape index (κ1) is 27.4. The van der Waals surface area contributed by atoms with Gasteiger partial charge in [0.15, 0.2) is 0 Å². The standard InChI is InChI=1S/C26H30Cl2N4O4S/c1-2-36-24-9-7-20(28)16-25(24)37(34,35)32-14-3-5-18(17-32)26(33)31-12-4-11-29-22-10-13-30-23-15-19(27)6-8-21(22)23/h6-10,13,15-16,18H,2-5,11-12,14,17H2,1H3,(H,29,30)(H,31,33)/t18-/m1/s1. The molecule has 1 amide bonds. The Hall–Kier alpha value is -2.59. The van der Waals surface area contributed by atoms with Crippen LogP contribution in [0.2, 0.25) is 10.0 Å². The predicted octanol–water partition coefficient (Wildman–Crippen LogP) is 4.96. The average Bonchev–Trinajstić information content (AvgIpc) is 2.89. The maximum Gasteiger partial charge on any atom is 0.246 e. The van der Waals surface area contributed by atoms with Crippen LogP contribution in [0.3, 0.4) is 0 Å². The fourth-order valence-electron chi connectivity index (χ4n) is 4.41. The van der Waals surface area contributed by atoms with Gasteiger partial charge in [-0.3, -0.25) is 9.78 Å². The molecule has 1 aromatic heterocycles. The number of fused-ring (bicyclic) bond motifs is 1. The number of amides is 1. The lowest BCUT2D eigenvalue weighted by atomic mass is 9.99. The molecule has 1 aliphatic heterocycles. The molecular formula is C26H30Cl2N4O4S. The lowest BCUT2D eigenvalue weighted by molar-refractivity contribution is -0.126. The van der Waals surface area contributed by atoms with Crippen molar-refractivity contribution in [3.8, 4) is 5.75 Å². The van der Waals surface area contributed by atoms with Crippen molar-refractivity contribution in [2.45, 2.75) is 31.1 Å². The fourth-order valence-corrected chi connectivity index (χ4v) is 6.50. The third-order valence-corrected chi connectivity index (χ3v) is 8.61. The van der Waals surface area contributed by atoms with E-state index in [0.717, 1.165) is 16.6 Å². The van der Waals surface area contributed by atoms with Gasteiger partial charge in [-0.15, -0.1) is 0 Å². The third-order valence-electron chi connectivity index (χ3n) is 6.25. The lowest BCUT2D eigenvalue weighted by Crippen LogP contribution is -2.45. The maximum absolute atomic E-state index is 13.4. The van der Waals surface area contributed by atoms with Crippen LogP contribution in [0.25, 0.3) is 10.9 Å². The topological polar surface area (TPSA) is 101 Å². The Bertz CT molecular complexity index is 1370. The molecule has 198 valence electrons. The lowest BCUT2D eigenvalue weighted by Gasteiger charge is -2.31. The van der Waals surface area contributed by atoms with E-state index in [4.69, 9.17) is 27.9 Å². The zero-order valence-electron chi connectivity index (χ0n) is 20.5. The number of sulfonamides is 1. The van der Waals surface area contributed by atoms with E-state index in [-0.39, 0.29) is 23.1 Å². The van der Waals surface area contributed by atoms with E-state index < -0.39 is 15.9 Å². The number of nitrogens with one attached hydrogen (secondary N) is 2. The van der Waals surface area contributed by atoms with E-state index in [1.165, 1.54) is 10.4 Å². The van der Waals surface area contributed by atoms with Crippen LogP contribution in [0, 0.1) is 5.92 Å². The molecule has 1 aliphatic rings. The van der Waals surface area contributed by atoms with Crippen molar-refractivity contribution in [3.05, 3.63) is 58.7 Å². The number of halogens is 2. The van der Waals surface area contributed by atoms with Gasteiger partial charge in [-0.05, 0) is 68.7 Å². The highest BCUT2D eigenvalue weighted by atomic mass is 35.5. The molecule has 0 bridgehead atoms. The third kappa shape index (κ3) is 6.65. The number of nitrogens with zero attached hydrogens (tertiary/aromatic N) is 2. The highest BCUT2D eigenvalue weighted by molar-refractivity contribution is 7.89. The van der Waals surface area contributed by atoms with E-state index in [1.807, 2.05) is 24.3 Å². The molecule has 8 nitrogen and oxygen atoms in total. The second-order valence-corrected chi connectivity index (χ2v) is 11.6. The minimum absolute atomic E-state index is 0.0277. The Kier molecular flexibility index (Phi) is 9.13. The largest absolute Gasteiger partial charge is 0.492 e. The fraction of sp³-hybridized carbons (Fsp3) is 0.385. The smallest absolute Gasteiger partial charge is 0.246 e. The first-order chi connectivity index (χ1) is 17.8. The van der Waals surface area contributed by atoms with Crippen LogP contribution < -0.4 is 15.4 Å². The average molecular weight is 566 g/mol. The second kappa shape index (κ2) is 12.3. The maximum atomic E-state index is 13.4. The van der Waals surface area contributed by atoms with E-state index >= 15 is 0 Å². The normalized spacial score (nSPS) is 16.5. The van der Waals surface area contributed by atoms with Crippen molar-refractivity contribution < 1.29 is 17.9 Å². The summed E-state index contributed by atoms with van der Waals surface area (Å²) in [5, 5.41) is 8.27. The number of carbonyl (C=O) groups is 1. The molecule has 0 spiro atoms. The minimum atomic E-state index is -3.86.